The summed E-state index contributed by atoms with van der Waals surface area (Å²) in [6.07, 6.45) is -1.38. The molecule has 2 aromatic rings. The van der Waals surface area contributed by atoms with Gasteiger partial charge in [0.2, 0.25) is 0 Å². The van der Waals surface area contributed by atoms with E-state index in [4.69, 9.17) is 11.6 Å². The number of halogens is 5. The lowest BCUT2D eigenvalue weighted by atomic mass is 10.2. The molecule has 0 aliphatic heterocycles. The minimum Gasteiger partial charge on any atom is -0.251 e. The summed E-state index contributed by atoms with van der Waals surface area (Å²) in [6.45, 7) is 0. The molecule has 0 aliphatic carbocycles. The summed E-state index contributed by atoms with van der Waals surface area (Å²) in [6, 6.07) is 0.732. The molecule has 0 aliphatic rings. The van der Waals surface area contributed by atoms with Crippen LogP contribution in [0.3, 0.4) is 0 Å². The molecule has 9 heteroatoms. The van der Waals surface area contributed by atoms with E-state index in [-0.39, 0.29) is 21.6 Å². The molecule has 0 spiro atoms. The molecule has 106 valence electrons. The molecule has 0 saturated heterocycles. The van der Waals surface area contributed by atoms with Gasteiger partial charge in [0.1, 0.15) is 10.7 Å². The zero-order valence-corrected chi connectivity index (χ0v) is 11.4. The monoisotopic (exact) mass is 323 g/mol. The van der Waals surface area contributed by atoms with E-state index in [9.17, 15) is 17.6 Å². The van der Waals surface area contributed by atoms with E-state index in [1.54, 1.807) is 6.26 Å². The van der Waals surface area contributed by atoms with Gasteiger partial charge < -0.3 is 0 Å². The molecule has 0 N–H and O–H groups in total. The Morgan fingerprint density at radius 3 is 2.45 bits per heavy atom. The standard InChI is InChI=1S/C11H6ClF4N3S/c1-20-10-7(13)4-18-9(19-10)8-6(12)2-5(3-17-8)11(14,15)16/h2-4H,1H3. The van der Waals surface area contributed by atoms with Crippen molar-refractivity contribution in [2.45, 2.75) is 11.2 Å². The van der Waals surface area contributed by atoms with Crippen LogP contribution in [0.2, 0.25) is 5.02 Å². The van der Waals surface area contributed by atoms with Gasteiger partial charge in [-0.15, -0.1) is 11.8 Å². The third-order valence-corrected chi connectivity index (χ3v) is 3.25. The highest BCUT2D eigenvalue weighted by atomic mass is 35.5. The van der Waals surface area contributed by atoms with Crippen LogP contribution in [0.15, 0.2) is 23.5 Å². The van der Waals surface area contributed by atoms with Gasteiger partial charge in [-0.05, 0) is 12.3 Å². The third-order valence-electron chi connectivity index (χ3n) is 2.29. The van der Waals surface area contributed by atoms with Crippen LogP contribution in [0.4, 0.5) is 17.6 Å². The Kier molecular flexibility index (Phi) is 4.14. The van der Waals surface area contributed by atoms with Crippen molar-refractivity contribution in [3.63, 3.8) is 0 Å². The highest BCUT2D eigenvalue weighted by molar-refractivity contribution is 7.98. The van der Waals surface area contributed by atoms with E-state index in [1.807, 2.05) is 0 Å². The second-order valence-corrected chi connectivity index (χ2v) is 4.81. The Morgan fingerprint density at radius 2 is 1.90 bits per heavy atom. The fourth-order valence-corrected chi connectivity index (χ4v) is 2.04. The van der Waals surface area contributed by atoms with Crippen LogP contribution >= 0.6 is 23.4 Å². The second-order valence-electron chi connectivity index (χ2n) is 3.60. The van der Waals surface area contributed by atoms with Crippen LogP contribution in [-0.4, -0.2) is 21.2 Å². The number of pyridine rings is 1. The molecule has 0 bridgehead atoms. The van der Waals surface area contributed by atoms with Gasteiger partial charge in [-0.25, -0.2) is 14.4 Å². The Balaban J connectivity index is 2.49. The topological polar surface area (TPSA) is 38.7 Å². The first-order valence-electron chi connectivity index (χ1n) is 5.12. The molecule has 2 heterocycles. The van der Waals surface area contributed by atoms with Crippen LogP contribution in [0.25, 0.3) is 11.5 Å². The molecule has 0 atom stereocenters. The summed E-state index contributed by atoms with van der Waals surface area (Å²) in [5.74, 6) is -0.654. The van der Waals surface area contributed by atoms with Crippen LogP contribution in [-0.2, 0) is 6.18 Å². The van der Waals surface area contributed by atoms with E-state index < -0.39 is 17.6 Å². The fraction of sp³-hybridized carbons (Fsp3) is 0.182. The summed E-state index contributed by atoms with van der Waals surface area (Å²) in [5, 5.41) is -0.189. The van der Waals surface area contributed by atoms with Crippen molar-refractivity contribution in [3.8, 4) is 11.5 Å². The van der Waals surface area contributed by atoms with Crippen LogP contribution in [0.5, 0.6) is 0 Å². The maximum atomic E-state index is 13.3. The molecule has 0 amide bonds. The summed E-state index contributed by atoms with van der Waals surface area (Å²) < 4.78 is 50.7. The van der Waals surface area contributed by atoms with E-state index in [1.165, 1.54) is 0 Å². The van der Waals surface area contributed by atoms with Crippen LogP contribution in [0.1, 0.15) is 5.56 Å². The molecule has 3 nitrogen and oxygen atoms in total. The number of nitrogens with zero attached hydrogens (tertiary/aromatic N) is 3. The Labute approximate surface area is 120 Å². The summed E-state index contributed by atoms with van der Waals surface area (Å²) in [7, 11) is 0. The summed E-state index contributed by atoms with van der Waals surface area (Å²) in [5.41, 5.74) is -1.01. The van der Waals surface area contributed by atoms with E-state index in [2.05, 4.69) is 15.0 Å². The van der Waals surface area contributed by atoms with Crippen molar-refractivity contribution >= 4 is 23.4 Å². The number of thioether (sulfide) groups is 1. The molecule has 2 aromatic heterocycles. The van der Waals surface area contributed by atoms with Gasteiger partial charge in [-0.1, -0.05) is 11.6 Å². The third kappa shape index (κ3) is 3.01. The van der Waals surface area contributed by atoms with Gasteiger partial charge in [0, 0.05) is 6.20 Å². The SMILES string of the molecule is CSc1nc(-c2ncc(C(F)(F)F)cc2Cl)ncc1F. The lowest BCUT2D eigenvalue weighted by molar-refractivity contribution is -0.137. The van der Waals surface area contributed by atoms with E-state index in [0.717, 1.165) is 24.0 Å². The van der Waals surface area contributed by atoms with Crippen molar-refractivity contribution in [3.05, 3.63) is 34.9 Å². The predicted molar refractivity (Wildman–Crippen MR) is 67.0 cm³/mol. The first-order valence-corrected chi connectivity index (χ1v) is 6.73. The first kappa shape index (κ1) is 15.0. The molecular formula is C11H6ClF4N3S. The Hall–Kier alpha value is -1.41. The lowest BCUT2D eigenvalue weighted by Gasteiger charge is -2.09. The minimum absolute atomic E-state index is 0.0324. The highest BCUT2D eigenvalue weighted by Gasteiger charge is 2.31. The van der Waals surface area contributed by atoms with Crippen molar-refractivity contribution in [1.82, 2.24) is 15.0 Å². The quantitative estimate of drug-likeness (QED) is 0.474. The van der Waals surface area contributed by atoms with E-state index >= 15 is 0 Å². The molecule has 2 rings (SSSR count). The normalized spacial score (nSPS) is 11.7. The average molecular weight is 324 g/mol. The summed E-state index contributed by atoms with van der Waals surface area (Å²) >= 11 is 6.80. The summed E-state index contributed by atoms with van der Waals surface area (Å²) in [4.78, 5) is 11.2. The van der Waals surface area contributed by atoms with Gasteiger partial charge in [0.15, 0.2) is 11.6 Å². The number of hydrogen-bond acceptors (Lipinski definition) is 4. The maximum absolute atomic E-state index is 13.3. The van der Waals surface area contributed by atoms with Gasteiger partial charge in [0.25, 0.3) is 0 Å². The Morgan fingerprint density at radius 1 is 1.20 bits per heavy atom. The van der Waals surface area contributed by atoms with Crippen molar-refractivity contribution in [1.29, 1.82) is 0 Å². The molecule has 0 saturated carbocycles. The Bertz CT molecular complexity index is 648. The molecule has 0 radical (unpaired) electrons. The van der Waals surface area contributed by atoms with Gasteiger partial charge in [-0.2, -0.15) is 13.2 Å². The van der Waals surface area contributed by atoms with Gasteiger partial charge in [0.05, 0.1) is 16.8 Å². The van der Waals surface area contributed by atoms with Crippen LogP contribution in [0, 0.1) is 5.82 Å². The lowest BCUT2D eigenvalue weighted by Crippen LogP contribution is -2.06. The number of alkyl halides is 3. The number of aromatic nitrogens is 3. The molecule has 0 unspecified atom stereocenters. The minimum atomic E-state index is -4.54. The zero-order chi connectivity index (χ0) is 14.9. The highest BCUT2D eigenvalue weighted by Crippen LogP contribution is 2.33. The number of rotatable bonds is 2. The van der Waals surface area contributed by atoms with Crippen molar-refractivity contribution in [2.24, 2.45) is 0 Å². The molecular weight excluding hydrogens is 318 g/mol. The fourth-order valence-electron chi connectivity index (χ4n) is 1.37. The van der Waals surface area contributed by atoms with Crippen molar-refractivity contribution in [2.75, 3.05) is 6.26 Å². The first-order chi connectivity index (χ1) is 9.32. The van der Waals surface area contributed by atoms with Crippen LogP contribution < -0.4 is 0 Å². The van der Waals surface area contributed by atoms with Crippen molar-refractivity contribution < 1.29 is 17.6 Å². The molecule has 0 fully saturated rings. The van der Waals surface area contributed by atoms with Gasteiger partial charge in [-0.3, -0.25) is 4.98 Å². The van der Waals surface area contributed by atoms with Gasteiger partial charge >= 0.3 is 6.18 Å². The largest absolute Gasteiger partial charge is 0.417 e. The predicted octanol–water partition coefficient (Wildman–Crippen LogP) is 4.07. The second kappa shape index (κ2) is 5.53. The molecule has 20 heavy (non-hydrogen) atoms. The smallest absolute Gasteiger partial charge is 0.251 e. The van der Waals surface area contributed by atoms with E-state index in [0.29, 0.717) is 6.20 Å². The zero-order valence-electron chi connectivity index (χ0n) is 9.87. The maximum Gasteiger partial charge on any atom is 0.417 e. The molecule has 0 aromatic carbocycles. The number of hydrogen-bond donors (Lipinski definition) is 0. The average Bonchev–Trinajstić information content (AvgIpc) is 2.38.